The Kier molecular flexibility index (Phi) is 10.4. The van der Waals surface area contributed by atoms with E-state index in [9.17, 15) is 19.5 Å². The predicted molar refractivity (Wildman–Crippen MR) is 162 cm³/mol. The summed E-state index contributed by atoms with van der Waals surface area (Å²) < 4.78 is 0. The molecular formula is C31H34N4O5S. The molecule has 3 amide bonds. The smallest absolute Gasteiger partial charge is 0.339 e. The van der Waals surface area contributed by atoms with Crippen molar-refractivity contribution in [3.8, 4) is 5.75 Å². The van der Waals surface area contributed by atoms with Crippen molar-refractivity contribution in [1.82, 2.24) is 5.43 Å². The van der Waals surface area contributed by atoms with Crippen molar-refractivity contribution in [2.75, 3.05) is 22.5 Å². The minimum absolute atomic E-state index is 0.0775. The van der Waals surface area contributed by atoms with Crippen LogP contribution in [0.5, 0.6) is 5.75 Å². The number of rotatable bonds is 13. The summed E-state index contributed by atoms with van der Waals surface area (Å²) in [7, 11) is 0. The molecule has 1 aliphatic rings. The van der Waals surface area contributed by atoms with Crippen LogP contribution in [0, 0.1) is 0 Å². The molecule has 3 aromatic rings. The van der Waals surface area contributed by atoms with Gasteiger partial charge in [-0.05, 0) is 60.9 Å². The molecule has 0 aromatic heterocycles. The topological polar surface area (TPSA) is 131 Å². The molecule has 9 nitrogen and oxygen atoms in total. The summed E-state index contributed by atoms with van der Waals surface area (Å²) in [6, 6.07) is 18.3. The number of nitrogens with zero attached hydrogens (tertiary/aromatic N) is 2. The number of phenols is 1. The van der Waals surface area contributed by atoms with E-state index in [0.717, 1.165) is 60.4 Å². The first-order valence-electron chi connectivity index (χ1n) is 13.7. The molecular weight excluding hydrogens is 540 g/mol. The van der Waals surface area contributed by atoms with Gasteiger partial charge in [0.25, 0.3) is 5.91 Å². The SMILES string of the molecule is CCCCCCCN1C(=O)/C(=N/NC(=O)Nc2ccccc2O)c2cc(SCCc3ccc(C(=O)O)cc3)ccc21. The van der Waals surface area contributed by atoms with Gasteiger partial charge in [-0.25, -0.2) is 15.0 Å². The maximum atomic E-state index is 13.4. The zero-order chi connectivity index (χ0) is 29.2. The number of anilines is 2. The highest BCUT2D eigenvalue weighted by atomic mass is 32.2. The summed E-state index contributed by atoms with van der Waals surface area (Å²) in [4.78, 5) is 39.7. The molecule has 0 aliphatic carbocycles. The minimum atomic E-state index is -0.948. The molecule has 214 valence electrons. The van der Waals surface area contributed by atoms with Crippen LogP contribution in [0.2, 0.25) is 0 Å². The summed E-state index contributed by atoms with van der Waals surface area (Å²) in [5.41, 5.74) is 5.51. The number of carboxylic acid groups (broad SMARTS) is 1. The minimum Gasteiger partial charge on any atom is -0.506 e. The van der Waals surface area contributed by atoms with Crippen LogP contribution < -0.4 is 15.6 Å². The number of hydrogen-bond acceptors (Lipinski definition) is 6. The number of amides is 3. The van der Waals surface area contributed by atoms with Gasteiger partial charge >= 0.3 is 12.0 Å². The van der Waals surface area contributed by atoms with Gasteiger partial charge in [0.15, 0.2) is 5.71 Å². The lowest BCUT2D eigenvalue weighted by molar-refractivity contribution is -0.112. The number of nitrogens with one attached hydrogen (secondary N) is 2. The number of hydrogen-bond donors (Lipinski definition) is 4. The number of hydrazone groups is 1. The first-order chi connectivity index (χ1) is 19.9. The molecule has 3 aromatic carbocycles. The fourth-order valence-electron chi connectivity index (χ4n) is 4.52. The van der Waals surface area contributed by atoms with Crippen LogP contribution in [0.3, 0.4) is 0 Å². The van der Waals surface area contributed by atoms with Crippen LogP contribution in [0.4, 0.5) is 16.2 Å². The molecule has 0 unspecified atom stereocenters. The number of carbonyl (C=O) groups excluding carboxylic acids is 2. The summed E-state index contributed by atoms with van der Waals surface area (Å²) in [6.07, 6.45) is 6.08. The molecule has 0 radical (unpaired) electrons. The van der Waals surface area contributed by atoms with Gasteiger partial charge in [-0.2, -0.15) is 5.10 Å². The highest BCUT2D eigenvalue weighted by Crippen LogP contribution is 2.34. The Morgan fingerprint density at radius 2 is 1.73 bits per heavy atom. The standard InChI is InChI=1S/C31H34N4O5S/c1-2-3-4-5-8-18-35-26-16-15-23(41-19-17-21-11-13-22(14-12-21)30(38)39)20-24(26)28(29(35)37)33-34-31(40)32-25-9-6-7-10-27(25)36/h6-7,9-16,20,36H,2-5,8,17-19H2,1H3,(H,38,39)(H2,32,34,40)/b33-28+. The van der Waals surface area contributed by atoms with Gasteiger partial charge in [-0.15, -0.1) is 11.8 Å². The quantitative estimate of drug-likeness (QED) is 0.0824. The number of carboxylic acids is 1. The van der Waals surface area contributed by atoms with Crippen molar-refractivity contribution in [1.29, 1.82) is 0 Å². The second-order valence-corrected chi connectivity index (χ2v) is 10.9. The Hall–Kier alpha value is -4.31. The number of phenolic OH excluding ortho intramolecular Hbond substituents is 1. The zero-order valence-corrected chi connectivity index (χ0v) is 23.7. The molecule has 0 saturated heterocycles. The highest BCUT2D eigenvalue weighted by Gasteiger charge is 2.34. The van der Waals surface area contributed by atoms with Crippen LogP contribution in [0.25, 0.3) is 0 Å². The molecule has 41 heavy (non-hydrogen) atoms. The maximum Gasteiger partial charge on any atom is 0.339 e. The van der Waals surface area contributed by atoms with E-state index in [0.29, 0.717) is 12.1 Å². The largest absolute Gasteiger partial charge is 0.506 e. The number of unbranched alkanes of at least 4 members (excludes halogenated alkanes) is 4. The Balaban J connectivity index is 1.47. The van der Waals surface area contributed by atoms with Gasteiger partial charge in [-0.3, -0.25) is 4.79 Å². The molecule has 4 rings (SSSR count). The van der Waals surface area contributed by atoms with E-state index in [1.54, 1.807) is 47.0 Å². The van der Waals surface area contributed by atoms with Gasteiger partial charge in [0.05, 0.1) is 16.9 Å². The molecule has 0 spiro atoms. The monoisotopic (exact) mass is 574 g/mol. The van der Waals surface area contributed by atoms with E-state index in [4.69, 9.17) is 5.11 Å². The number of aromatic hydroxyl groups is 1. The van der Waals surface area contributed by atoms with Crippen molar-refractivity contribution >= 4 is 46.8 Å². The lowest BCUT2D eigenvalue weighted by atomic mass is 10.1. The van der Waals surface area contributed by atoms with E-state index in [2.05, 4.69) is 22.8 Å². The molecule has 1 heterocycles. The van der Waals surface area contributed by atoms with Gasteiger partial charge in [-0.1, -0.05) is 56.9 Å². The molecule has 1 aliphatic heterocycles. The van der Waals surface area contributed by atoms with Crippen molar-refractivity contribution in [3.05, 3.63) is 83.4 Å². The van der Waals surface area contributed by atoms with Gasteiger partial charge in [0.1, 0.15) is 5.75 Å². The molecule has 4 N–H and O–H groups in total. The zero-order valence-electron chi connectivity index (χ0n) is 22.9. The number of thioether (sulfide) groups is 1. The molecule has 0 atom stereocenters. The third-order valence-electron chi connectivity index (χ3n) is 6.73. The molecule has 0 saturated carbocycles. The van der Waals surface area contributed by atoms with Crippen molar-refractivity contribution in [2.24, 2.45) is 5.10 Å². The average molecular weight is 575 g/mol. The predicted octanol–water partition coefficient (Wildman–Crippen LogP) is 6.27. The summed E-state index contributed by atoms with van der Waals surface area (Å²) in [6.45, 7) is 2.73. The number of aryl methyl sites for hydroxylation is 1. The summed E-state index contributed by atoms with van der Waals surface area (Å²) in [5.74, 6) is -0.532. The number of fused-ring (bicyclic) bond motifs is 1. The van der Waals surface area contributed by atoms with Gasteiger partial charge in [0.2, 0.25) is 0 Å². The second-order valence-electron chi connectivity index (χ2n) is 9.69. The van der Waals surface area contributed by atoms with Crippen LogP contribution in [0.15, 0.2) is 76.7 Å². The lowest BCUT2D eigenvalue weighted by Gasteiger charge is -2.17. The van der Waals surface area contributed by atoms with Gasteiger partial charge < -0.3 is 20.4 Å². The van der Waals surface area contributed by atoms with E-state index in [-0.39, 0.29) is 28.6 Å². The number of para-hydroxylation sites is 2. The third-order valence-corrected chi connectivity index (χ3v) is 7.72. The van der Waals surface area contributed by atoms with Crippen LogP contribution in [-0.2, 0) is 11.2 Å². The first kappa shape index (κ1) is 29.7. The highest BCUT2D eigenvalue weighted by molar-refractivity contribution is 7.99. The van der Waals surface area contributed by atoms with E-state index in [1.807, 2.05) is 30.3 Å². The Morgan fingerprint density at radius 1 is 0.976 bits per heavy atom. The van der Waals surface area contributed by atoms with Crippen LogP contribution >= 0.6 is 11.8 Å². The maximum absolute atomic E-state index is 13.4. The molecule has 0 fully saturated rings. The first-order valence-corrected chi connectivity index (χ1v) is 14.7. The summed E-state index contributed by atoms with van der Waals surface area (Å²) in [5, 5.41) is 25.7. The second kappa shape index (κ2) is 14.4. The van der Waals surface area contributed by atoms with E-state index < -0.39 is 12.0 Å². The third kappa shape index (κ3) is 7.88. The average Bonchev–Trinajstić information content (AvgIpc) is 3.22. The van der Waals surface area contributed by atoms with Crippen molar-refractivity contribution < 1.29 is 24.6 Å². The molecule has 0 bridgehead atoms. The fourth-order valence-corrected chi connectivity index (χ4v) is 5.46. The Labute approximate surface area is 243 Å². The fraction of sp³-hybridized carbons (Fsp3) is 0.290. The van der Waals surface area contributed by atoms with Crippen molar-refractivity contribution in [2.45, 2.75) is 50.3 Å². The van der Waals surface area contributed by atoms with Crippen LogP contribution in [-0.4, -0.2) is 46.1 Å². The summed E-state index contributed by atoms with van der Waals surface area (Å²) >= 11 is 1.62. The number of aromatic carboxylic acids is 1. The molecule has 10 heteroatoms. The van der Waals surface area contributed by atoms with Crippen LogP contribution in [0.1, 0.15) is 60.5 Å². The Morgan fingerprint density at radius 3 is 2.46 bits per heavy atom. The van der Waals surface area contributed by atoms with E-state index in [1.165, 1.54) is 6.07 Å². The Bertz CT molecular complexity index is 1420. The van der Waals surface area contributed by atoms with E-state index >= 15 is 0 Å². The number of benzene rings is 3. The normalized spacial score (nSPS) is 13.3. The lowest BCUT2D eigenvalue weighted by Crippen LogP contribution is -2.33. The van der Waals surface area contributed by atoms with Gasteiger partial charge in [0, 0.05) is 22.8 Å². The number of urea groups is 1. The van der Waals surface area contributed by atoms with Crippen molar-refractivity contribution in [3.63, 3.8) is 0 Å². The number of carbonyl (C=O) groups is 3.